The van der Waals surface area contributed by atoms with Crippen molar-refractivity contribution in [3.8, 4) is 0 Å². The monoisotopic (exact) mass is 263 g/mol. The van der Waals surface area contributed by atoms with Gasteiger partial charge in [-0.3, -0.25) is 10.1 Å². The second-order valence-corrected chi connectivity index (χ2v) is 3.96. The van der Waals surface area contributed by atoms with Gasteiger partial charge in [0.1, 0.15) is 5.52 Å². The summed E-state index contributed by atoms with van der Waals surface area (Å²) in [6.07, 6.45) is 1.31. The molecular formula is C12H13N3O4. The van der Waals surface area contributed by atoms with E-state index in [1.165, 1.54) is 25.4 Å². The van der Waals surface area contributed by atoms with Crippen molar-refractivity contribution < 1.29 is 19.1 Å². The summed E-state index contributed by atoms with van der Waals surface area (Å²) in [6, 6.07) is 3.73. The van der Waals surface area contributed by atoms with Gasteiger partial charge < -0.3 is 14.4 Å². The number of aromatic nitrogens is 1. The first kappa shape index (κ1) is 13.0. The molecule has 0 aliphatic carbocycles. The molecule has 2 N–H and O–H groups in total. The van der Waals surface area contributed by atoms with E-state index in [2.05, 4.69) is 10.3 Å². The van der Waals surface area contributed by atoms with E-state index in [-0.39, 0.29) is 0 Å². The third-order valence-electron chi connectivity index (χ3n) is 2.82. The summed E-state index contributed by atoms with van der Waals surface area (Å²) in [5.41, 5.74) is 1.75. The Labute approximate surface area is 108 Å². The first-order valence-electron chi connectivity index (χ1n) is 5.55. The number of aliphatic carboxylic acids is 1. The Balaban J connectivity index is 2.29. The Hall–Kier alpha value is -2.41. The molecule has 0 aliphatic heterocycles. The van der Waals surface area contributed by atoms with E-state index < -0.39 is 17.9 Å². The number of likely N-dealkylation sites (N-methyl/N-ethyl adjacent to an activating group) is 2. The van der Waals surface area contributed by atoms with Crippen molar-refractivity contribution in [3.05, 3.63) is 24.6 Å². The highest BCUT2D eigenvalue weighted by molar-refractivity contribution is 6.09. The van der Waals surface area contributed by atoms with Crippen LogP contribution in [0, 0.1) is 0 Å². The zero-order valence-corrected chi connectivity index (χ0v) is 10.5. The molecule has 0 radical (unpaired) electrons. The molecule has 0 spiro atoms. The average molecular weight is 263 g/mol. The van der Waals surface area contributed by atoms with Crippen LogP contribution in [-0.2, 0) is 9.59 Å². The summed E-state index contributed by atoms with van der Waals surface area (Å²) in [6.45, 7) is 0. The molecule has 2 rings (SSSR count). The lowest BCUT2D eigenvalue weighted by atomic mass is 10.2. The minimum absolute atomic E-state index is 0.536. The molecule has 1 atom stereocenters. The number of fused-ring (bicyclic) bond motifs is 1. The molecule has 7 heteroatoms. The largest absolute Gasteiger partial charge is 0.480 e. The van der Waals surface area contributed by atoms with Crippen LogP contribution in [-0.4, -0.2) is 42.1 Å². The first-order valence-corrected chi connectivity index (χ1v) is 5.55. The third kappa shape index (κ3) is 2.41. The number of anilines is 1. The Morgan fingerprint density at radius 2 is 2.21 bits per heavy atom. The highest BCUT2D eigenvalue weighted by Crippen LogP contribution is 2.20. The van der Waals surface area contributed by atoms with Gasteiger partial charge in [-0.25, -0.2) is 9.78 Å². The fourth-order valence-corrected chi connectivity index (χ4v) is 1.73. The normalized spacial score (nSPS) is 12.3. The van der Waals surface area contributed by atoms with Crippen LogP contribution >= 0.6 is 0 Å². The number of carboxylic acid groups (broad SMARTS) is 1. The average Bonchev–Trinajstić information content (AvgIpc) is 2.85. The van der Waals surface area contributed by atoms with Crippen LogP contribution in [0.3, 0.4) is 0 Å². The van der Waals surface area contributed by atoms with Crippen LogP contribution in [0.15, 0.2) is 29.0 Å². The number of carbonyl (C=O) groups excluding carboxylic acids is 1. The lowest BCUT2D eigenvalue weighted by molar-refractivity contribution is -0.143. The number of benzene rings is 1. The Morgan fingerprint density at radius 1 is 1.47 bits per heavy atom. The lowest BCUT2D eigenvalue weighted by Crippen LogP contribution is -2.48. The molecule has 7 nitrogen and oxygen atoms in total. The van der Waals surface area contributed by atoms with Crippen LogP contribution in [0.2, 0.25) is 0 Å². The van der Waals surface area contributed by atoms with Gasteiger partial charge in [0, 0.05) is 18.8 Å². The van der Waals surface area contributed by atoms with Gasteiger partial charge in [-0.2, -0.15) is 0 Å². The predicted octanol–water partition coefficient (Wildman–Crippen LogP) is 0.463. The molecule has 0 aliphatic rings. The fourth-order valence-electron chi connectivity index (χ4n) is 1.73. The molecular weight excluding hydrogens is 250 g/mol. The number of carboxylic acids is 1. The standard InChI is InChI=1S/C12H13N3O4/c1-13-10(12(17)18)11(16)15(2)7-3-4-8-9(5-7)19-6-14-8/h3-6,10,13H,1-2H3,(H,17,18). The maximum Gasteiger partial charge on any atom is 0.330 e. The van der Waals surface area contributed by atoms with Gasteiger partial charge in [-0.05, 0) is 19.2 Å². The van der Waals surface area contributed by atoms with Crippen LogP contribution in [0.4, 0.5) is 5.69 Å². The van der Waals surface area contributed by atoms with E-state index >= 15 is 0 Å². The highest BCUT2D eigenvalue weighted by atomic mass is 16.4. The van der Waals surface area contributed by atoms with Gasteiger partial charge in [0.05, 0.1) is 0 Å². The molecule has 0 fully saturated rings. The topological polar surface area (TPSA) is 95.7 Å². The van der Waals surface area contributed by atoms with Gasteiger partial charge in [0.15, 0.2) is 18.0 Å². The van der Waals surface area contributed by atoms with E-state index in [1.54, 1.807) is 18.2 Å². The summed E-state index contributed by atoms with van der Waals surface area (Å²) in [5.74, 6) is -1.78. The second-order valence-electron chi connectivity index (χ2n) is 3.96. The first-order chi connectivity index (χ1) is 9.04. The fraction of sp³-hybridized carbons (Fsp3) is 0.250. The van der Waals surface area contributed by atoms with Gasteiger partial charge in [-0.1, -0.05) is 0 Å². The maximum absolute atomic E-state index is 12.0. The van der Waals surface area contributed by atoms with Crippen molar-refractivity contribution in [2.75, 3.05) is 19.0 Å². The summed E-state index contributed by atoms with van der Waals surface area (Å²) in [7, 11) is 2.93. The van der Waals surface area contributed by atoms with Crippen LogP contribution in [0.25, 0.3) is 11.1 Å². The summed E-state index contributed by atoms with van der Waals surface area (Å²) >= 11 is 0. The van der Waals surface area contributed by atoms with Crippen molar-refractivity contribution in [2.24, 2.45) is 0 Å². The smallest absolute Gasteiger partial charge is 0.330 e. The number of hydrogen-bond donors (Lipinski definition) is 2. The number of nitrogens with one attached hydrogen (secondary N) is 1. The number of amides is 1. The van der Waals surface area contributed by atoms with E-state index in [0.29, 0.717) is 16.8 Å². The molecule has 1 aromatic carbocycles. The third-order valence-corrected chi connectivity index (χ3v) is 2.82. The maximum atomic E-state index is 12.0. The van der Waals surface area contributed by atoms with E-state index in [4.69, 9.17) is 9.52 Å². The minimum Gasteiger partial charge on any atom is -0.480 e. The summed E-state index contributed by atoms with van der Waals surface area (Å²) in [5, 5.41) is 11.4. The molecule has 100 valence electrons. The van der Waals surface area contributed by atoms with Gasteiger partial charge in [-0.15, -0.1) is 0 Å². The zero-order valence-electron chi connectivity index (χ0n) is 10.5. The number of hydrogen-bond acceptors (Lipinski definition) is 5. The lowest BCUT2D eigenvalue weighted by Gasteiger charge is -2.21. The van der Waals surface area contributed by atoms with E-state index in [1.807, 2.05) is 0 Å². The number of rotatable bonds is 4. The predicted molar refractivity (Wildman–Crippen MR) is 67.9 cm³/mol. The molecule has 0 saturated carbocycles. The molecule has 1 aromatic heterocycles. The van der Waals surface area contributed by atoms with Crippen LogP contribution in [0.1, 0.15) is 0 Å². The molecule has 0 bridgehead atoms. The van der Waals surface area contributed by atoms with Crippen molar-refractivity contribution in [3.63, 3.8) is 0 Å². The van der Waals surface area contributed by atoms with Gasteiger partial charge >= 0.3 is 5.97 Å². The number of carbonyl (C=O) groups is 2. The van der Waals surface area contributed by atoms with Crippen molar-refractivity contribution >= 4 is 28.7 Å². The molecule has 2 aromatic rings. The highest BCUT2D eigenvalue weighted by Gasteiger charge is 2.28. The van der Waals surface area contributed by atoms with Crippen molar-refractivity contribution in [2.45, 2.75) is 6.04 Å². The Bertz CT molecular complexity index is 622. The molecule has 1 unspecified atom stereocenters. The molecule has 19 heavy (non-hydrogen) atoms. The minimum atomic E-state index is -1.28. The Kier molecular flexibility index (Phi) is 3.48. The molecule has 0 saturated heterocycles. The molecule has 1 heterocycles. The van der Waals surface area contributed by atoms with Crippen LogP contribution < -0.4 is 10.2 Å². The van der Waals surface area contributed by atoms with Gasteiger partial charge in [0.2, 0.25) is 0 Å². The van der Waals surface area contributed by atoms with E-state index in [0.717, 1.165) is 0 Å². The SMILES string of the molecule is CNC(C(=O)O)C(=O)N(C)c1ccc2ncoc2c1. The summed E-state index contributed by atoms with van der Waals surface area (Å²) < 4.78 is 5.14. The van der Waals surface area contributed by atoms with Crippen molar-refractivity contribution in [1.29, 1.82) is 0 Å². The van der Waals surface area contributed by atoms with Crippen LogP contribution in [0.5, 0.6) is 0 Å². The Morgan fingerprint density at radius 3 is 2.84 bits per heavy atom. The second kappa shape index (κ2) is 5.07. The van der Waals surface area contributed by atoms with Crippen molar-refractivity contribution in [1.82, 2.24) is 10.3 Å². The zero-order chi connectivity index (χ0) is 14.0. The number of nitrogens with zero attached hydrogens (tertiary/aromatic N) is 2. The van der Waals surface area contributed by atoms with Gasteiger partial charge in [0.25, 0.3) is 5.91 Å². The van der Waals surface area contributed by atoms with E-state index in [9.17, 15) is 9.59 Å². The molecule has 1 amide bonds. The summed E-state index contributed by atoms with van der Waals surface area (Å²) in [4.78, 5) is 28.2. The quantitative estimate of drug-likeness (QED) is 0.778. The number of oxazole rings is 1.